The van der Waals surface area contributed by atoms with Gasteiger partial charge in [0, 0.05) is 0 Å². The van der Waals surface area contributed by atoms with Crippen molar-refractivity contribution in [2.24, 2.45) is 0 Å². The van der Waals surface area contributed by atoms with Gasteiger partial charge in [0.2, 0.25) is 5.91 Å². The third kappa shape index (κ3) is 3.36. The third-order valence-corrected chi connectivity index (χ3v) is 2.41. The number of amides is 1. The van der Waals surface area contributed by atoms with Crippen LogP contribution in [0.1, 0.15) is 12.5 Å². The van der Waals surface area contributed by atoms with E-state index in [0.717, 1.165) is 12.1 Å². The van der Waals surface area contributed by atoms with E-state index >= 15 is 0 Å². The Bertz CT molecular complexity index is 446. The Kier molecular flexibility index (Phi) is 4.18. The van der Waals surface area contributed by atoms with Gasteiger partial charge >= 0.3 is 6.18 Å². The fourth-order valence-electron chi connectivity index (χ4n) is 1.18. The van der Waals surface area contributed by atoms with Gasteiger partial charge in [-0.3, -0.25) is 4.79 Å². The maximum atomic E-state index is 12.5. The highest BCUT2D eigenvalue weighted by molar-refractivity contribution is 5.95. The summed E-state index contributed by atoms with van der Waals surface area (Å²) < 4.78 is 37.4. The highest BCUT2D eigenvalue weighted by Crippen LogP contribution is 2.34. The molecule has 4 nitrogen and oxygen atoms in total. The molecule has 0 aliphatic carbocycles. The molecule has 0 saturated heterocycles. The van der Waals surface area contributed by atoms with E-state index in [4.69, 9.17) is 0 Å². The number of carbonyl (C=O) groups is 1. The molecule has 3 N–H and O–H groups in total. The Morgan fingerprint density at radius 2 is 2.00 bits per heavy atom. The lowest BCUT2D eigenvalue weighted by Crippen LogP contribution is -2.35. The monoisotopic (exact) mass is 262 g/mol. The molecule has 1 aromatic rings. The lowest BCUT2D eigenvalue weighted by atomic mass is 10.1. The second kappa shape index (κ2) is 5.26. The number of hydrogen-bond donors (Lipinski definition) is 3. The maximum absolute atomic E-state index is 12.5. The van der Waals surface area contributed by atoms with Crippen LogP contribution >= 0.6 is 0 Å². The van der Waals surface area contributed by atoms with Gasteiger partial charge in [-0.2, -0.15) is 13.2 Å². The molecule has 100 valence electrons. The molecule has 18 heavy (non-hydrogen) atoms. The van der Waals surface area contributed by atoms with Crippen LogP contribution in [0, 0.1) is 0 Å². The highest BCUT2D eigenvalue weighted by atomic mass is 19.4. The van der Waals surface area contributed by atoms with E-state index in [1.165, 1.54) is 7.05 Å². The zero-order valence-electron chi connectivity index (χ0n) is 9.80. The summed E-state index contributed by atoms with van der Waals surface area (Å²) in [5.74, 6) is -0.952. The smallest absolute Gasteiger partial charge is 0.416 e. The number of phenolic OH excluding ortho intramolecular Hbond substituents is 1. The van der Waals surface area contributed by atoms with Crippen LogP contribution in [0.2, 0.25) is 0 Å². The molecule has 0 aromatic heterocycles. The lowest BCUT2D eigenvalue weighted by Gasteiger charge is -2.14. The normalized spacial score (nSPS) is 13.2. The van der Waals surface area contributed by atoms with E-state index in [2.05, 4.69) is 10.6 Å². The minimum Gasteiger partial charge on any atom is -0.506 e. The molecule has 7 heteroatoms. The van der Waals surface area contributed by atoms with Crippen molar-refractivity contribution in [3.8, 4) is 5.75 Å². The van der Waals surface area contributed by atoms with Crippen LogP contribution in [0.4, 0.5) is 18.9 Å². The minimum atomic E-state index is -4.53. The zero-order valence-corrected chi connectivity index (χ0v) is 9.80. The average Bonchev–Trinajstić information content (AvgIpc) is 2.29. The number of anilines is 1. The van der Waals surface area contributed by atoms with Crippen LogP contribution in [0.3, 0.4) is 0 Å². The van der Waals surface area contributed by atoms with Gasteiger partial charge in [-0.25, -0.2) is 0 Å². The van der Waals surface area contributed by atoms with Crippen molar-refractivity contribution in [2.75, 3.05) is 12.4 Å². The summed E-state index contributed by atoms with van der Waals surface area (Å²) in [6.07, 6.45) is -4.53. The predicted molar refractivity (Wildman–Crippen MR) is 60.3 cm³/mol. The first-order valence-corrected chi connectivity index (χ1v) is 5.14. The Morgan fingerprint density at radius 1 is 1.39 bits per heavy atom. The molecular weight excluding hydrogens is 249 g/mol. The van der Waals surface area contributed by atoms with Crippen molar-refractivity contribution in [2.45, 2.75) is 19.1 Å². The number of phenols is 1. The van der Waals surface area contributed by atoms with Crippen molar-refractivity contribution in [3.63, 3.8) is 0 Å². The molecule has 1 aromatic carbocycles. The fraction of sp³-hybridized carbons (Fsp3) is 0.364. The number of aromatic hydroxyl groups is 1. The van der Waals surface area contributed by atoms with Crippen molar-refractivity contribution in [3.05, 3.63) is 23.8 Å². The van der Waals surface area contributed by atoms with Crippen molar-refractivity contribution in [1.29, 1.82) is 0 Å². The maximum Gasteiger partial charge on any atom is 0.416 e. The molecule has 1 atom stereocenters. The molecule has 0 radical (unpaired) electrons. The van der Waals surface area contributed by atoms with E-state index in [1.54, 1.807) is 6.92 Å². The summed E-state index contributed by atoms with van der Waals surface area (Å²) in [6, 6.07) is 1.74. The summed E-state index contributed by atoms with van der Waals surface area (Å²) in [7, 11) is 1.54. The molecule has 0 aliphatic rings. The number of benzene rings is 1. The minimum absolute atomic E-state index is 0.267. The summed E-state index contributed by atoms with van der Waals surface area (Å²) >= 11 is 0. The molecule has 0 aliphatic heterocycles. The molecule has 0 fully saturated rings. The van der Waals surface area contributed by atoms with E-state index in [1.807, 2.05) is 0 Å². The Balaban J connectivity index is 2.99. The number of rotatable bonds is 3. The molecular formula is C11H13F3N2O2. The number of likely N-dealkylation sites (N-methyl/N-ethyl adjacent to an activating group) is 1. The summed E-state index contributed by atoms with van der Waals surface area (Å²) in [5, 5.41) is 14.3. The first-order valence-electron chi connectivity index (χ1n) is 5.14. The standard InChI is InChI=1S/C11H13F3N2O2/c1-6(15-2)10(18)16-8-5-7(11(12,13)14)3-4-9(8)17/h3-6,15,17H,1-2H3,(H,16,18). The summed E-state index contributed by atoms with van der Waals surface area (Å²) in [5.41, 5.74) is -1.20. The average molecular weight is 262 g/mol. The van der Waals surface area contributed by atoms with E-state index in [0.29, 0.717) is 6.07 Å². The Hall–Kier alpha value is -1.76. The van der Waals surface area contributed by atoms with Crippen LogP contribution in [0.25, 0.3) is 0 Å². The summed E-state index contributed by atoms with van der Waals surface area (Å²) in [6.45, 7) is 1.54. The molecule has 0 heterocycles. The van der Waals surface area contributed by atoms with Crippen molar-refractivity contribution in [1.82, 2.24) is 5.32 Å². The molecule has 1 rings (SSSR count). The molecule has 0 bridgehead atoms. The second-order valence-electron chi connectivity index (χ2n) is 3.73. The van der Waals surface area contributed by atoms with Gasteiger partial charge < -0.3 is 15.7 Å². The number of nitrogens with one attached hydrogen (secondary N) is 2. The molecule has 0 spiro atoms. The topological polar surface area (TPSA) is 61.4 Å². The zero-order chi connectivity index (χ0) is 13.9. The van der Waals surface area contributed by atoms with Crippen LogP contribution in [0.15, 0.2) is 18.2 Å². The SMILES string of the molecule is CNC(C)C(=O)Nc1cc(C(F)(F)F)ccc1O. The van der Waals surface area contributed by atoms with E-state index in [9.17, 15) is 23.1 Å². The van der Waals surface area contributed by atoms with Gasteiger partial charge in [0.05, 0.1) is 17.3 Å². The Labute approximate surface area is 102 Å². The van der Waals surface area contributed by atoms with Gasteiger partial charge in [-0.15, -0.1) is 0 Å². The third-order valence-electron chi connectivity index (χ3n) is 2.41. The molecule has 1 amide bonds. The fourth-order valence-corrected chi connectivity index (χ4v) is 1.18. The van der Waals surface area contributed by atoms with Crippen LogP contribution in [-0.2, 0) is 11.0 Å². The van der Waals surface area contributed by atoms with E-state index < -0.39 is 29.4 Å². The number of carbonyl (C=O) groups excluding carboxylic acids is 1. The van der Waals surface area contributed by atoms with Crippen LogP contribution < -0.4 is 10.6 Å². The van der Waals surface area contributed by atoms with Gasteiger partial charge in [0.25, 0.3) is 0 Å². The van der Waals surface area contributed by atoms with Gasteiger partial charge in [-0.1, -0.05) is 0 Å². The van der Waals surface area contributed by atoms with Gasteiger partial charge in [0.1, 0.15) is 5.75 Å². The van der Waals surface area contributed by atoms with Gasteiger partial charge in [-0.05, 0) is 32.2 Å². The quantitative estimate of drug-likeness (QED) is 0.730. The largest absolute Gasteiger partial charge is 0.506 e. The lowest BCUT2D eigenvalue weighted by molar-refractivity contribution is -0.137. The summed E-state index contributed by atoms with van der Waals surface area (Å²) in [4.78, 5) is 11.5. The Morgan fingerprint density at radius 3 is 2.50 bits per heavy atom. The van der Waals surface area contributed by atoms with Crippen LogP contribution in [-0.4, -0.2) is 24.1 Å². The molecule has 1 unspecified atom stereocenters. The van der Waals surface area contributed by atoms with E-state index in [-0.39, 0.29) is 5.69 Å². The second-order valence-corrected chi connectivity index (χ2v) is 3.73. The van der Waals surface area contributed by atoms with Crippen molar-refractivity contribution >= 4 is 11.6 Å². The number of alkyl halides is 3. The number of halogens is 3. The number of hydrogen-bond acceptors (Lipinski definition) is 3. The first kappa shape index (κ1) is 14.3. The van der Waals surface area contributed by atoms with Crippen LogP contribution in [0.5, 0.6) is 5.75 Å². The predicted octanol–water partition coefficient (Wildman–Crippen LogP) is 1.96. The van der Waals surface area contributed by atoms with Gasteiger partial charge in [0.15, 0.2) is 0 Å². The first-order chi connectivity index (χ1) is 8.25. The molecule has 0 saturated carbocycles. The highest BCUT2D eigenvalue weighted by Gasteiger charge is 2.31. The van der Waals surface area contributed by atoms with Crippen molar-refractivity contribution < 1.29 is 23.1 Å².